The Morgan fingerprint density at radius 1 is 0.378 bits per heavy atom. The third-order valence-electron chi connectivity index (χ3n) is 8.38. The van der Waals surface area contributed by atoms with E-state index in [1.165, 1.54) is 0 Å². The van der Waals surface area contributed by atoms with Crippen LogP contribution in [-0.4, -0.2) is 0 Å². The second-order valence-corrected chi connectivity index (χ2v) is 10.8. The van der Waals surface area contributed by atoms with Crippen molar-refractivity contribution in [1.82, 2.24) is 0 Å². The molecule has 1 heteroatoms. The van der Waals surface area contributed by atoms with E-state index in [-0.39, 0.29) is 59.0 Å². The molecule has 1 nitrogen and oxygen atoms in total. The largest absolute Gasteiger partial charge is 0.455 e. The van der Waals surface area contributed by atoms with Crippen LogP contribution in [0.1, 0.15) is 13.7 Å². The first-order valence-corrected chi connectivity index (χ1v) is 14.6. The van der Waals surface area contributed by atoms with Crippen molar-refractivity contribution >= 4 is 43.5 Å². The van der Waals surface area contributed by atoms with Crippen LogP contribution in [0, 0.1) is 0 Å². The van der Waals surface area contributed by atoms with Gasteiger partial charge in [0, 0.05) is 16.3 Å². The predicted molar refractivity (Wildman–Crippen MR) is 190 cm³/mol. The molecular weight excluding hydrogens is 544 g/mol. The molecule has 0 bridgehead atoms. The summed E-state index contributed by atoms with van der Waals surface area (Å²) in [6.45, 7) is 0. The first kappa shape index (κ1) is 17.4. The monoisotopic (exact) mass is 582 g/mol. The molecule has 0 aliphatic carbocycles. The molecule has 0 amide bonds. The third-order valence-corrected chi connectivity index (χ3v) is 8.38. The van der Waals surface area contributed by atoms with Gasteiger partial charge in [-0.3, -0.25) is 0 Å². The number of benzene rings is 8. The van der Waals surface area contributed by atoms with Crippen molar-refractivity contribution < 1.29 is 18.1 Å². The van der Waals surface area contributed by atoms with E-state index in [4.69, 9.17) is 15.4 Å². The van der Waals surface area contributed by atoms with Gasteiger partial charge in [0.15, 0.2) is 0 Å². The molecule has 1 aromatic heterocycles. The zero-order valence-corrected chi connectivity index (χ0v) is 23.8. The summed E-state index contributed by atoms with van der Waals surface area (Å²) in [6, 6.07) is 30.4. The molecule has 0 spiro atoms. The highest BCUT2D eigenvalue weighted by Gasteiger charge is 2.22. The summed E-state index contributed by atoms with van der Waals surface area (Å²) in [7, 11) is 0. The summed E-state index contributed by atoms with van der Waals surface area (Å²) in [4.78, 5) is 0. The average Bonchev–Trinajstić information content (AvgIpc) is 3.60. The highest BCUT2D eigenvalue weighted by atomic mass is 16.3. The molecular formula is C44H28O. The van der Waals surface area contributed by atoms with Crippen molar-refractivity contribution in [3.8, 4) is 44.5 Å². The van der Waals surface area contributed by atoms with Gasteiger partial charge in [-0.1, -0.05) is 157 Å². The van der Waals surface area contributed by atoms with Crippen LogP contribution in [0.3, 0.4) is 0 Å². The van der Waals surface area contributed by atoms with Gasteiger partial charge >= 0.3 is 0 Å². The van der Waals surface area contributed by atoms with Crippen molar-refractivity contribution in [1.29, 1.82) is 0 Å². The Labute approximate surface area is 275 Å². The fraction of sp³-hybridized carbons (Fsp3) is 0. The summed E-state index contributed by atoms with van der Waals surface area (Å²) in [6.07, 6.45) is 0. The van der Waals surface area contributed by atoms with Crippen molar-refractivity contribution in [3.05, 3.63) is 170 Å². The minimum absolute atomic E-state index is 0.0362. The second kappa shape index (κ2) is 10.4. The molecule has 0 N–H and O–H groups in total. The number of para-hydroxylation sites is 1. The number of rotatable bonds is 4. The fourth-order valence-corrected chi connectivity index (χ4v) is 6.44. The van der Waals surface area contributed by atoms with Gasteiger partial charge in [0.25, 0.3) is 0 Å². The highest BCUT2D eigenvalue weighted by molar-refractivity contribution is 6.26. The molecule has 210 valence electrons. The summed E-state index contributed by atoms with van der Waals surface area (Å²) >= 11 is 0. The summed E-state index contributed by atoms with van der Waals surface area (Å²) in [5.41, 5.74) is 4.30. The fourth-order valence-electron chi connectivity index (χ4n) is 6.44. The van der Waals surface area contributed by atoms with E-state index in [1.807, 2.05) is 78.9 Å². The summed E-state index contributed by atoms with van der Waals surface area (Å²) < 4.78 is 93.7. The number of hydrogen-bond donors (Lipinski definition) is 0. The lowest BCUT2D eigenvalue weighted by atomic mass is 9.84. The van der Waals surface area contributed by atoms with Crippen LogP contribution in [0.25, 0.3) is 88.0 Å². The lowest BCUT2D eigenvalue weighted by Gasteiger charge is -2.19. The molecule has 0 unspecified atom stereocenters. The van der Waals surface area contributed by atoms with Gasteiger partial charge < -0.3 is 4.42 Å². The van der Waals surface area contributed by atoms with Gasteiger partial charge in [-0.2, -0.15) is 0 Å². The van der Waals surface area contributed by atoms with Crippen LogP contribution in [0.2, 0.25) is 0 Å². The van der Waals surface area contributed by atoms with E-state index in [9.17, 15) is 2.74 Å². The molecule has 45 heavy (non-hydrogen) atoms. The number of fused-ring (bicyclic) bond motifs is 5. The standard InChI is InChI=1S/C44H28O/c1-3-13-29(14-4-1)30-23-25-32(26-24-30)41-34-17-7-9-19-36(34)42(37-20-10-8-18-35(37)41)39-28-27-33(31-15-5-2-6-16-31)44-43(39)38-21-11-12-22-40(38)45-44/h1-28H/i1D,2D,5D,6D,15D,16D,23D,24D,25D,26D. The highest BCUT2D eigenvalue weighted by Crippen LogP contribution is 2.48. The van der Waals surface area contributed by atoms with Crippen LogP contribution in [0.4, 0.5) is 0 Å². The second-order valence-electron chi connectivity index (χ2n) is 10.8. The minimum atomic E-state index is -0.478. The van der Waals surface area contributed by atoms with Gasteiger partial charge in [0.05, 0.1) is 13.7 Å². The molecule has 8 aromatic carbocycles. The lowest BCUT2D eigenvalue weighted by molar-refractivity contribution is 0.670. The summed E-state index contributed by atoms with van der Waals surface area (Å²) in [5.74, 6) is 0. The molecule has 0 saturated carbocycles. The normalized spacial score (nSPS) is 14.7. The van der Waals surface area contributed by atoms with Gasteiger partial charge in [-0.15, -0.1) is 0 Å². The Morgan fingerprint density at radius 2 is 0.933 bits per heavy atom. The molecule has 0 saturated heterocycles. The zero-order valence-electron chi connectivity index (χ0n) is 33.8. The van der Waals surface area contributed by atoms with Gasteiger partial charge in [-0.25, -0.2) is 0 Å². The Balaban J connectivity index is 1.40. The SMILES string of the molecule is [2H]c1ccc(-c2c([2H])c([2H])c(-c3c4ccccc4c(-c4ccc(-c5c([2H])c([2H])c([2H])c([2H])c5[2H])c5oc6ccccc6c45)c4ccccc34)c([2H])c2[2H])cc1. The summed E-state index contributed by atoms with van der Waals surface area (Å²) in [5, 5.41) is 4.44. The molecule has 1 heterocycles. The van der Waals surface area contributed by atoms with Gasteiger partial charge in [0.2, 0.25) is 0 Å². The van der Waals surface area contributed by atoms with Crippen molar-refractivity contribution in [2.24, 2.45) is 0 Å². The zero-order chi connectivity index (χ0) is 38.4. The first-order chi connectivity index (χ1) is 26.5. The van der Waals surface area contributed by atoms with Crippen LogP contribution in [0.5, 0.6) is 0 Å². The van der Waals surface area contributed by atoms with Crippen LogP contribution in [-0.2, 0) is 0 Å². The van der Waals surface area contributed by atoms with E-state index in [0.717, 1.165) is 27.3 Å². The Hall–Kier alpha value is -5.92. The van der Waals surface area contributed by atoms with Crippen molar-refractivity contribution in [2.75, 3.05) is 0 Å². The lowest BCUT2D eigenvalue weighted by Crippen LogP contribution is -1.92. The quantitative estimate of drug-likeness (QED) is 0.188. The topological polar surface area (TPSA) is 13.1 Å². The predicted octanol–water partition coefficient (Wildman–Crippen LogP) is 12.6. The maximum absolute atomic E-state index is 9.32. The third kappa shape index (κ3) is 4.09. The van der Waals surface area contributed by atoms with Crippen LogP contribution >= 0.6 is 0 Å². The van der Waals surface area contributed by atoms with E-state index in [2.05, 4.69) is 0 Å². The van der Waals surface area contributed by atoms with Crippen molar-refractivity contribution in [3.63, 3.8) is 0 Å². The minimum Gasteiger partial charge on any atom is -0.455 e. The molecule has 0 radical (unpaired) electrons. The van der Waals surface area contributed by atoms with Crippen LogP contribution in [0.15, 0.2) is 174 Å². The van der Waals surface area contributed by atoms with E-state index < -0.39 is 18.1 Å². The number of furan rings is 1. The Bertz CT molecular complexity index is 2980. The number of hydrogen-bond acceptors (Lipinski definition) is 1. The molecule has 9 rings (SSSR count). The first-order valence-electron chi connectivity index (χ1n) is 19.6. The molecule has 0 aliphatic rings. The molecule has 0 atom stereocenters. The van der Waals surface area contributed by atoms with Gasteiger partial charge in [0.1, 0.15) is 11.2 Å². The Kier molecular flexibility index (Phi) is 4.01. The maximum atomic E-state index is 9.32. The van der Waals surface area contributed by atoms with Crippen LogP contribution < -0.4 is 0 Å². The molecule has 0 fully saturated rings. The van der Waals surface area contributed by atoms with E-state index in [0.29, 0.717) is 44.0 Å². The molecule has 0 aliphatic heterocycles. The van der Waals surface area contributed by atoms with E-state index >= 15 is 0 Å². The average molecular weight is 583 g/mol. The van der Waals surface area contributed by atoms with Gasteiger partial charge in [-0.05, 0) is 72.6 Å². The Morgan fingerprint density at radius 3 is 1.60 bits per heavy atom. The smallest absolute Gasteiger partial charge is 0.143 e. The maximum Gasteiger partial charge on any atom is 0.143 e. The van der Waals surface area contributed by atoms with E-state index in [1.54, 1.807) is 30.3 Å². The molecule has 9 aromatic rings. The van der Waals surface area contributed by atoms with Crippen molar-refractivity contribution in [2.45, 2.75) is 0 Å².